The minimum absolute atomic E-state index is 0.0261. The molecule has 1 fully saturated rings. The Morgan fingerprint density at radius 2 is 1.96 bits per heavy atom. The van der Waals surface area contributed by atoms with Gasteiger partial charge in [0, 0.05) is 38.9 Å². The van der Waals surface area contributed by atoms with Gasteiger partial charge < -0.3 is 10.2 Å². The molecule has 2 aromatic rings. The van der Waals surface area contributed by atoms with Crippen molar-refractivity contribution in [1.82, 2.24) is 9.13 Å². The zero-order valence-electron chi connectivity index (χ0n) is 16.1. The third-order valence-electron chi connectivity index (χ3n) is 5.22. The molecule has 1 amide bonds. The summed E-state index contributed by atoms with van der Waals surface area (Å²) in [4.78, 5) is 38.9. The Kier molecular flexibility index (Phi) is 5.48. The number of aromatic nitrogens is 2. The van der Waals surface area contributed by atoms with Gasteiger partial charge >= 0.3 is 5.69 Å². The molecule has 1 N–H and O–H groups in total. The molecule has 0 spiro atoms. The predicted octanol–water partition coefficient (Wildman–Crippen LogP) is 1.50. The second-order valence-corrected chi connectivity index (χ2v) is 7.07. The van der Waals surface area contributed by atoms with Crippen LogP contribution in [0.4, 0.5) is 11.5 Å². The summed E-state index contributed by atoms with van der Waals surface area (Å²) in [5.74, 6) is 0.346. The van der Waals surface area contributed by atoms with Crippen molar-refractivity contribution in [3.05, 3.63) is 56.7 Å². The van der Waals surface area contributed by atoms with Gasteiger partial charge in [-0.15, -0.1) is 0 Å². The number of nitrogens with zero attached hydrogens (tertiary/aromatic N) is 3. The highest BCUT2D eigenvalue weighted by molar-refractivity contribution is 5.93. The van der Waals surface area contributed by atoms with Gasteiger partial charge in [-0.1, -0.05) is 19.1 Å². The number of anilines is 2. The summed E-state index contributed by atoms with van der Waals surface area (Å²) in [6.45, 7) is 3.28. The molecule has 0 radical (unpaired) electrons. The number of hydrogen-bond donors (Lipinski definition) is 1. The number of aryl methyl sites for hydroxylation is 1. The first-order chi connectivity index (χ1) is 12.9. The van der Waals surface area contributed by atoms with E-state index in [-0.39, 0.29) is 23.1 Å². The van der Waals surface area contributed by atoms with Crippen LogP contribution in [0.1, 0.15) is 25.3 Å². The lowest BCUT2D eigenvalue weighted by Gasteiger charge is -2.34. The summed E-state index contributed by atoms with van der Waals surface area (Å²) in [5.41, 5.74) is 1.28. The molecule has 1 aliphatic rings. The Morgan fingerprint density at radius 3 is 2.70 bits per heavy atom. The molecule has 2 heterocycles. The number of amides is 1. The van der Waals surface area contributed by atoms with Crippen LogP contribution in [0.15, 0.2) is 39.9 Å². The lowest BCUT2D eigenvalue weighted by molar-refractivity contribution is -0.120. The van der Waals surface area contributed by atoms with Crippen LogP contribution in [0.2, 0.25) is 0 Å². The highest BCUT2D eigenvalue weighted by atomic mass is 16.2. The van der Waals surface area contributed by atoms with Gasteiger partial charge in [0.25, 0.3) is 5.56 Å². The molecule has 7 nitrogen and oxygen atoms in total. The van der Waals surface area contributed by atoms with E-state index in [1.54, 1.807) is 7.05 Å². The molecule has 0 aliphatic carbocycles. The quantitative estimate of drug-likeness (QED) is 0.885. The lowest BCUT2D eigenvalue weighted by Crippen LogP contribution is -2.45. The topological polar surface area (TPSA) is 76.3 Å². The van der Waals surface area contributed by atoms with Crippen LogP contribution in [-0.2, 0) is 25.3 Å². The van der Waals surface area contributed by atoms with Crippen LogP contribution in [0, 0.1) is 5.92 Å². The maximum absolute atomic E-state index is 12.7. The zero-order chi connectivity index (χ0) is 19.6. The Hall–Kier alpha value is -2.83. The first-order valence-corrected chi connectivity index (χ1v) is 9.32. The predicted molar refractivity (Wildman–Crippen MR) is 106 cm³/mol. The third kappa shape index (κ3) is 3.97. The second-order valence-electron chi connectivity index (χ2n) is 7.07. The molecule has 1 aromatic carbocycles. The Bertz CT molecular complexity index is 960. The number of benzene rings is 1. The van der Waals surface area contributed by atoms with Crippen LogP contribution in [-0.4, -0.2) is 28.1 Å². The summed E-state index contributed by atoms with van der Waals surface area (Å²) in [7, 11) is 3.11. The highest BCUT2D eigenvalue weighted by Gasteiger charge is 2.27. The van der Waals surface area contributed by atoms with E-state index in [1.165, 1.54) is 23.2 Å². The van der Waals surface area contributed by atoms with E-state index in [2.05, 4.69) is 12.2 Å². The van der Waals surface area contributed by atoms with E-state index in [1.807, 2.05) is 29.2 Å². The maximum Gasteiger partial charge on any atom is 0.332 e. The number of piperidine rings is 1. The molecule has 1 aromatic heterocycles. The van der Waals surface area contributed by atoms with Gasteiger partial charge in [0.05, 0.1) is 5.92 Å². The van der Waals surface area contributed by atoms with Crippen LogP contribution in [0.3, 0.4) is 0 Å². The third-order valence-corrected chi connectivity index (χ3v) is 5.22. The number of carbonyl (C=O) groups excluding carboxylic acids is 1. The minimum Gasteiger partial charge on any atom is -0.357 e. The standard InChI is InChI=1S/C20H26N4O3/c1-4-14-7-5-9-16(11-14)21-19(26)15-8-6-10-24(13-15)17-12-18(25)23(3)20(27)22(17)2/h5,7,9,11-12,15H,4,6,8,10,13H2,1-3H3,(H,21,26). The summed E-state index contributed by atoms with van der Waals surface area (Å²) in [6, 6.07) is 9.32. The molecular weight excluding hydrogens is 344 g/mol. The van der Waals surface area contributed by atoms with E-state index < -0.39 is 0 Å². The average Bonchev–Trinajstić information content (AvgIpc) is 2.69. The summed E-state index contributed by atoms with van der Waals surface area (Å²) < 4.78 is 2.55. The van der Waals surface area contributed by atoms with Crippen molar-refractivity contribution in [1.29, 1.82) is 0 Å². The number of nitrogens with one attached hydrogen (secondary N) is 1. The molecule has 1 aliphatic heterocycles. The first-order valence-electron chi connectivity index (χ1n) is 9.32. The molecule has 7 heteroatoms. The molecule has 1 atom stereocenters. The average molecular weight is 370 g/mol. The van der Waals surface area contributed by atoms with E-state index >= 15 is 0 Å². The van der Waals surface area contributed by atoms with Gasteiger partial charge in [0.15, 0.2) is 0 Å². The van der Waals surface area contributed by atoms with Gasteiger partial charge in [-0.25, -0.2) is 4.79 Å². The Balaban J connectivity index is 1.77. The first kappa shape index (κ1) is 18.9. The molecule has 1 unspecified atom stereocenters. The summed E-state index contributed by atoms with van der Waals surface area (Å²) in [5, 5.41) is 3.00. The fraction of sp³-hybridized carbons (Fsp3) is 0.450. The second kappa shape index (κ2) is 7.82. The van der Waals surface area contributed by atoms with Gasteiger partial charge in [-0.3, -0.25) is 18.7 Å². The smallest absolute Gasteiger partial charge is 0.332 e. The van der Waals surface area contributed by atoms with Crippen molar-refractivity contribution in [2.45, 2.75) is 26.2 Å². The monoisotopic (exact) mass is 370 g/mol. The van der Waals surface area contributed by atoms with Crippen molar-refractivity contribution in [2.24, 2.45) is 20.0 Å². The molecule has 27 heavy (non-hydrogen) atoms. The van der Waals surface area contributed by atoms with Gasteiger partial charge in [0.1, 0.15) is 5.82 Å². The fourth-order valence-electron chi connectivity index (χ4n) is 3.54. The maximum atomic E-state index is 12.7. The fourth-order valence-corrected chi connectivity index (χ4v) is 3.54. The van der Waals surface area contributed by atoms with Crippen LogP contribution < -0.4 is 21.5 Å². The molecular formula is C20H26N4O3. The van der Waals surface area contributed by atoms with Gasteiger partial charge in [-0.2, -0.15) is 0 Å². The van der Waals surface area contributed by atoms with Crippen molar-refractivity contribution in [3.63, 3.8) is 0 Å². The van der Waals surface area contributed by atoms with Crippen LogP contribution >= 0.6 is 0 Å². The van der Waals surface area contributed by atoms with E-state index in [0.717, 1.165) is 36.1 Å². The van der Waals surface area contributed by atoms with Gasteiger partial charge in [-0.05, 0) is 37.0 Å². The van der Waals surface area contributed by atoms with E-state index in [4.69, 9.17) is 0 Å². The van der Waals surface area contributed by atoms with Crippen molar-refractivity contribution >= 4 is 17.4 Å². The highest BCUT2D eigenvalue weighted by Crippen LogP contribution is 2.23. The largest absolute Gasteiger partial charge is 0.357 e. The minimum atomic E-state index is -0.361. The molecule has 3 rings (SSSR count). The van der Waals surface area contributed by atoms with Gasteiger partial charge in [0.2, 0.25) is 5.91 Å². The summed E-state index contributed by atoms with van der Waals surface area (Å²) in [6.07, 6.45) is 2.53. The zero-order valence-corrected chi connectivity index (χ0v) is 16.1. The number of hydrogen-bond acceptors (Lipinski definition) is 4. The van der Waals surface area contributed by atoms with Crippen molar-refractivity contribution in [3.8, 4) is 0 Å². The Labute approximate surface area is 158 Å². The SMILES string of the molecule is CCc1cccc(NC(=O)C2CCCN(c3cc(=O)n(C)c(=O)n3C)C2)c1. The van der Waals surface area contributed by atoms with E-state index in [9.17, 15) is 14.4 Å². The molecule has 144 valence electrons. The summed E-state index contributed by atoms with van der Waals surface area (Å²) >= 11 is 0. The number of rotatable bonds is 4. The molecule has 0 bridgehead atoms. The van der Waals surface area contributed by atoms with Crippen LogP contribution in [0.25, 0.3) is 0 Å². The van der Waals surface area contributed by atoms with Crippen molar-refractivity contribution in [2.75, 3.05) is 23.3 Å². The van der Waals surface area contributed by atoms with Crippen LogP contribution in [0.5, 0.6) is 0 Å². The molecule has 0 saturated carbocycles. The number of carbonyl (C=O) groups is 1. The van der Waals surface area contributed by atoms with Crippen molar-refractivity contribution < 1.29 is 4.79 Å². The lowest BCUT2D eigenvalue weighted by atomic mass is 9.97. The van der Waals surface area contributed by atoms with E-state index in [0.29, 0.717) is 12.4 Å². The normalized spacial score (nSPS) is 17.0. The molecule has 1 saturated heterocycles. The Morgan fingerprint density at radius 1 is 1.19 bits per heavy atom.